The SMILES string of the molecule is COC(=O)CC[C@@](C/C=C/c1ccccc1)(C(=O)OC(C)(C)C)[N+](=O)[O-]. The van der Waals surface area contributed by atoms with Crippen molar-refractivity contribution in [3.63, 3.8) is 0 Å². The van der Waals surface area contributed by atoms with Gasteiger partial charge in [-0.15, -0.1) is 0 Å². The minimum absolute atomic E-state index is 0.194. The Morgan fingerprint density at radius 3 is 2.31 bits per heavy atom. The third kappa shape index (κ3) is 6.31. The van der Waals surface area contributed by atoms with E-state index in [-0.39, 0.29) is 19.3 Å². The van der Waals surface area contributed by atoms with E-state index in [1.807, 2.05) is 30.3 Å². The number of hydrogen-bond acceptors (Lipinski definition) is 6. The van der Waals surface area contributed by atoms with Crippen LogP contribution < -0.4 is 0 Å². The first-order valence-electron chi connectivity index (χ1n) is 8.27. The molecule has 0 aliphatic rings. The van der Waals surface area contributed by atoms with Crippen molar-refractivity contribution < 1.29 is 24.0 Å². The number of carbonyl (C=O) groups excluding carboxylic acids is 2. The van der Waals surface area contributed by atoms with Crippen LogP contribution in [0.5, 0.6) is 0 Å². The van der Waals surface area contributed by atoms with E-state index >= 15 is 0 Å². The van der Waals surface area contributed by atoms with Gasteiger partial charge in [-0.25, -0.2) is 4.79 Å². The van der Waals surface area contributed by atoms with Crippen molar-refractivity contribution in [3.8, 4) is 0 Å². The van der Waals surface area contributed by atoms with E-state index in [1.54, 1.807) is 32.9 Å². The Kier molecular flexibility index (Phi) is 7.49. The number of nitrogens with zero attached hydrogens (tertiary/aromatic N) is 1. The predicted molar refractivity (Wildman–Crippen MR) is 96.9 cm³/mol. The van der Waals surface area contributed by atoms with Crippen molar-refractivity contribution in [3.05, 3.63) is 52.1 Å². The zero-order valence-electron chi connectivity index (χ0n) is 15.6. The van der Waals surface area contributed by atoms with Crippen molar-refractivity contribution in [1.29, 1.82) is 0 Å². The van der Waals surface area contributed by atoms with Gasteiger partial charge in [0.2, 0.25) is 0 Å². The van der Waals surface area contributed by atoms with E-state index in [1.165, 1.54) is 7.11 Å². The molecule has 0 aliphatic carbocycles. The van der Waals surface area contributed by atoms with Crippen LogP contribution in [0.15, 0.2) is 36.4 Å². The van der Waals surface area contributed by atoms with Crippen molar-refractivity contribution in [2.45, 2.75) is 51.2 Å². The highest BCUT2D eigenvalue weighted by Gasteiger charge is 2.52. The summed E-state index contributed by atoms with van der Waals surface area (Å²) in [5.41, 5.74) is -2.08. The van der Waals surface area contributed by atoms with E-state index in [9.17, 15) is 19.7 Å². The third-order valence-corrected chi connectivity index (χ3v) is 3.66. The Morgan fingerprint density at radius 2 is 1.81 bits per heavy atom. The molecule has 0 amide bonds. The molecule has 1 atom stereocenters. The summed E-state index contributed by atoms with van der Waals surface area (Å²) >= 11 is 0. The molecule has 0 radical (unpaired) electrons. The second-order valence-electron chi connectivity index (χ2n) is 6.88. The number of benzene rings is 1. The lowest BCUT2D eigenvalue weighted by Gasteiger charge is -2.27. The zero-order valence-corrected chi connectivity index (χ0v) is 15.6. The second kappa shape index (κ2) is 9.12. The Balaban J connectivity index is 3.11. The van der Waals surface area contributed by atoms with E-state index in [0.717, 1.165) is 5.56 Å². The second-order valence-corrected chi connectivity index (χ2v) is 6.88. The van der Waals surface area contributed by atoms with Crippen LogP contribution in [0.2, 0.25) is 0 Å². The fourth-order valence-electron chi connectivity index (χ4n) is 2.27. The lowest BCUT2D eigenvalue weighted by Crippen LogP contribution is -2.49. The van der Waals surface area contributed by atoms with Crippen LogP contribution in [0.25, 0.3) is 6.08 Å². The largest absolute Gasteiger partial charge is 0.469 e. The van der Waals surface area contributed by atoms with Crippen LogP contribution in [-0.4, -0.2) is 35.1 Å². The molecule has 0 saturated heterocycles. The molecule has 0 heterocycles. The molecule has 0 aromatic heterocycles. The third-order valence-electron chi connectivity index (χ3n) is 3.66. The first kappa shape index (κ1) is 21.3. The van der Waals surface area contributed by atoms with E-state index in [0.29, 0.717) is 0 Å². The summed E-state index contributed by atoms with van der Waals surface area (Å²) in [6.07, 6.45) is 2.50. The lowest BCUT2D eigenvalue weighted by atomic mass is 9.89. The number of nitro groups is 1. The molecule has 0 N–H and O–H groups in total. The molecular weight excluding hydrogens is 338 g/mol. The summed E-state index contributed by atoms with van der Waals surface area (Å²) in [6.45, 7) is 4.90. The topological polar surface area (TPSA) is 95.7 Å². The van der Waals surface area contributed by atoms with Crippen molar-refractivity contribution >= 4 is 18.0 Å². The molecule has 26 heavy (non-hydrogen) atoms. The van der Waals surface area contributed by atoms with Crippen LogP contribution in [0, 0.1) is 10.1 Å². The van der Waals surface area contributed by atoms with Crippen molar-refractivity contribution in [2.75, 3.05) is 7.11 Å². The molecule has 0 spiro atoms. The monoisotopic (exact) mass is 363 g/mol. The zero-order chi connectivity index (χ0) is 19.8. The highest BCUT2D eigenvalue weighted by Crippen LogP contribution is 2.27. The Bertz CT molecular complexity index is 662. The highest BCUT2D eigenvalue weighted by atomic mass is 16.6. The quantitative estimate of drug-likeness (QED) is 0.399. The van der Waals surface area contributed by atoms with Gasteiger partial charge in [-0.2, -0.15) is 0 Å². The summed E-state index contributed by atoms with van der Waals surface area (Å²) in [5, 5.41) is 11.8. The average molecular weight is 363 g/mol. The first-order valence-corrected chi connectivity index (χ1v) is 8.27. The number of rotatable bonds is 8. The first-order chi connectivity index (χ1) is 12.1. The molecule has 0 fully saturated rings. The molecule has 7 nitrogen and oxygen atoms in total. The molecule has 0 saturated carbocycles. The summed E-state index contributed by atoms with van der Waals surface area (Å²) < 4.78 is 9.81. The number of carbonyl (C=O) groups is 2. The van der Waals surface area contributed by atoms with Crippen LogP contribution >= 0.6 is 0 Å². The molecular formula is C19H25NO6. The van der Waals surface area contributed by atoms with Crippen LogP contribution in [0.3, 0.4) is 0 Å². The van der Waals surface area contributed by atoms with E-state index in [4.69, 9.17) is 4.74 Å². The van der Waals surface area contributed by atoms with Crippen molar-refractivity contribution in [1.82, 2.24) is 0 Å². The Hall–Kier alpha value is -2.70. The summed E-state index contributed by atoms with van der Waals surface area (Å²) in [5.74, 6) is -1.58. The molecule has 1 rings (SSSR count). The minimum atomic E-state index is -2.05. The molecule has 7 heteroatoms. The summed E-state index contributed by atoms with van der Waals surface area (Å²) in [4.78, 5) is 35.2. The maximum atomic E-state index is 12.6. The number of methoxy groups -OCH3 is 1. The van der Waals surface area contributed by atoms with Crippen LogP contribution in [-0.2, 0) is 19.1 Å². The van der Waals surface area contributed by atoms with Gasteiger partial charge in [0, 0.05) is 17.8 Å². The van der Waals surface area contributed by atoms with Gasteiger partial charge < -0.3 is 9.47 Å². The highest BCUT2D eigenvalue weighted by molar-refractivity contribution is 5.81. The fraction of sp³-hybridized carbons (Fsp3) is 0.474. The van der Waals surface area contributed by atoms with Gasteiger partial charge in [-0.1, -0.05) is 42.5 Å². The van der Waals surface area contributed by atoms with Crippen LogP contribution in [0.1, 0.15) is 45.6 Å². The Labute approximate surface area is 153 Å². The summed E-state index contributed by atoms with van der Waals surface area (Å²) in [7, 11) is 1.19. The molecule has 1 aromatic rings. The Morgan fingerprint density at radius 1 is 1.19 bits per heavy atom. The van der Waals surface area contributed by atoms with Gasteiger partial charge in [0.15, 0.2) is 0 Å². The lowest BCUT2D eigenvalue weighted by molar-refractivity contribution is -0.556. The van der Waals surface area contributed by atoms with Gasteiger partial charge in [0.1, 0.15) is 5.60 Å². The standard InChI is InChI=1S/C19H25NO6/c1-18(2,3)26-17(22)19(20(23)24,14-12-16(21)25-4)13-8-11-15-9-6-5-7-10-15/h5-11H,12-14H2,1-4H3/b11-8+/t19-/m0/s1. The molecule has 0 bridgehead atoms. The maximum Gasteiger partial charge on any atom is 0.385 e. The number of ether oxygens (including phenoxy) is 2. The van der Waals surface area contributed by atoms with Crippen LogP contribution in [0.4, 0.5) is 0 Å². The van der Waals surface area contributed by atoms with Gasteiger partial charge >= 0.3 is 17.5 Å². The maximum absolute atomic E-state index is 12.6. The van der Waals surface area contributed by atoms with E-state index in [2.05, 4.69) is 4.74 Å². The predicted octanol–water partition coefficient (Wildman–Crippen LogP) is 3.40. The van der Waals surface area contributed by atoms with Gasteiger partial charge in [-0.3, -0.25) is 14.9 Å². The van der Waals surface area contributed by atoms with Crippen molar-refractivity contribution in [2.24, 2.45) is 0 Å². The smallest absolute Gasteiger partial charge is 0.385 e. The molecule has 0 unspecified atom stereocenters. The summed E-state index contributed by atoms with van der Waals surface area (Å²) in [6, 6.07) is 9.21. The number of hydrogen-bond donors (Lipinski definition) is 0. The molecule has 142 valence electrons. The van der Waals surface area contributed by atoms with E-state index < -0.39 is 28.0 Å². The van der Waals surface area contributed by atoms with Gasteiger partial charge in [0.05, 0.1) is 13.5 Å². The number of esters is 2. The molecule has 1 aromatic carbocycles. The fourth-order valence-corrected chi connectivity index (χ4v) is 2.27. The van der Waals surface area contributed by atoms with Gasteiger partial charge in [-0.05, 0) is 26.3 Å². The normalized spacial score (nSPS) is 13.8. The minimum Gasteiger partial charge on any atom is -0.469 e. The molecule has 0 aliphatic heterocycles. The average Bonchev–Trinajstić information content (AvgIpc) is 2.56. The van der Waals surface area contributed by atoms with Gasteiger partial charge in [0.25, 0.3) is 0 Å².